The number of aryl methyl sites for hydroxylation is 1. The molecule has 1 heterocycles. The van der Waals surface area contributed by atoms with E-state index in [1.54, 1.807) is 13.8 Å². The highest BCUT2D eigenvalue weighted by atomic mass is 19.3. The Hall–Kier alpha value is -3.04. The summed E-state index contributed by atoms with van der Waals surface area (Å²) >= 11 is 0. The van der Waals surface area contributed by atoms with Gasteiger partial charge in [-0.1, -0.05) is 0 Å². The Kier molecular flexibility index (Phi) is 6.59. The number of benzene rings is 1. The number of nitrogens with zero attached hydrogens (tertiary/aromatic N) is 3. The molecule has 0 atom stereocenters. The molecule has 2 rings (SSSR count). The lowest BCUT2D eigenvalue weighted by Crippen LogP contribution is -2.18. The van der Waals surface area contributed by atoms with Gasteiger partial charge in [0.1, 0.15) is 0 Å². The van der Waals surface area contributed by atoms with E-state index >= 15 is 0 Å². The van der Waals surface area contributed by atoms with Gasteiger partial charge >= 0.3 is 6.61 Å². The second-order valence-electron chi connectivity index (χ2n) is 4.88. The predicted octanol–water partition coefficient (Wildman–Crippen LogP) is 2.81. The van der Waals surface area contributed by atoms with E-state index in [2.05, 4.69) is 20.4 Å². The van der Waals surface area contributed by atoms with Crippen molar-refractivity contribution in [3.8, 4) is 11.5 Å². The Bertz CT molecular complexity index is 793. The van der Waals surface area contributed by atoms with Gasteiger partial charge in [0.25, 0.3) is 5.91 Å². The number of hydrogen-bond acceptors (Lipinski definition) is 5. The number of nitrogens with one attached hydrogen (secondary N) is 1. The number of rotatable bonds is 8. The molecule has 10 heteroatoms. The molecule has 0 aliphatic heterocycles. The monoisotopic (exact) mass is 370 g/mol. The number of hydrogen-bond donors (Lipinski definition) is 1. The first-order valence-electron chi connectivity index (χ1n) is 7.72. The summed E-state index contributed by atoms with van der Waals surface area (Å²) in [7, 11) is 0. The van der Waals surface area contributed by atoms with Crippen molar-refractivity contribution in [2.24, 2.45) is 5.10 Å². The number of carbonyl (C=O) groups is 1. The van der Waals surface area contributed by atoms with Gasteiger partial charge in [-0.3, -0.25) is 4.79 Å². The van der Waals surface area contributed by atoms with E-state index in [1.807, 2.05) is 0 Å². The second-order valence-corrected chi connectivity index (χ2v) is 4.88. The first-order chi connectivity index (χ1) is 12.5. The molecule has 0 saturated heterocycles. The van der Waals surface area contributed by atoms with Crippen LogP contribution >= 0.6 is 0 Å². The molecular weight excluding hydrogens is 353 g/mol. The average molecular weight is 370 g/mol. The summed E-state index contributed by atoms with van der Waals surface area (Å²) in [6.07, 6.45) is 2.39. The van der Waals surface area contributed by atoms with Crippen molar-refractivity contribution in [1.29, 1.82) is 0 Å². The summed E-state index contributed by atoms with van der Waals surface area (Å²) in [5, 5.41) is 7.46. The lowest BCUT2D eigenvalue weighted by atomic mass is 10.2. The molecule has 0 saturated carbocycles. The van der Waals surface area contributed by atoms with Gasteiger partial charge in [0.05, 0.1) is 24.6 Å². The van der Waals surface area contributed by atoms with Gasteiger partial charge in [-0.25, -0.2) is 10.1 Å². The van der Waals surface area contributed by atoms with E-state index in [9.17, 15) is 18.0 Å². The SMILES string of the molecule is CCOc1cc(C(=O)N/N=C/c2cnn(CC)c2F)ccc1OC(F)F. The van der Waals surface area contributed by atoms with Gasteiger partial charge in [-0.2, -0.15) is 23.4 Å². The van der Waals surface area contributed by atoms with Crippen LogP contribution in [0.25, 0.3) is 0 Å². The lowest BCUT2D eigenvalue weighted by molar-refractivity contribution is -0.0514. The van der Waals surface area contributed by atoms with Crippen LogP contribution in [0.3, 0.4) is 0 Å². The minimum atomic E-state index is -3.02. The summed E-state index contributed by atoms with van der Waals surface area (Å²) in [5.41, 5.74) is 2.44. The zero-order valence-electron chi connectivity index (χ0n) is 14.1. The summed E-state index contributed by atoms with van der Waals surface area (Å²) in [5.74, 6) is -1.39. The summed E-state index contributed by atoms with van der Waals surface area (Å²) < 4.78 is 49.2. The highest BCUT2D eigenvalue weighted by Gasteiger charge is 2.14. The minimum Gasteiger partial charge on any atom is -0.490 e. The van der Waals surface area contributed by atoms with Gasteiger partial charge < -0.3 is 9.47 Å². The maximum atomic E-state index is 13.8. The molecule has 0 bridgehead atoms. The molecule has 0 radical (unpaired) electrons. The molecule has 1 aromatic carbocycles. The Morgan fingerprint density at radius 1 is 1.38 bits per heavy atom. The molecule has 140 valence electrons. The van der Waals surface area contributed by atoms with Crippen LogP contribution in [0, 0.1) is 5.95 Å². The molecular formula is C16H17F3N4O3. The van der Waals surface area contributed by atoms with E-state index in [0.717, 1.165) is 10.9 Å². The lowest BCUT2D eigenvalue weighted by Gasteiger charge is -2.12. The topological polar surface area (TPSA) is 77.7 Å². The number of halogens is 3. The normalized spacial score (nSPS) is 11.2. The number of amides is 1. The Morgan fingerprint density at radius 2 is 2.15 bits per heavy atom. The molecule has 2 aromatic rings. The summed E-state index contributed by atoms with van der Waals surface area (Å²) in [4.78, 5) is 12.1. The van der Waals surface area contributed by atoms with Gasteiger partial charge in [0.2, 0.25) is 5.95 Å². The van der Waals surface area contributed by atoms with Gasteiger partial charge in [-0.05, 0) is 32.0 Å². The first-order valence-corrected chi connectivity index (χ1v) is 7.72. The largest absolute Gasteiger partial charge is 0.490 e. The second kappa shape index (κ2) is 8.88. The van der Waals surface area contributed by atoms with Crippen LogP contribution in [0.1, 0.15) is 29.8 Å². The first kappa shape index (κ1) is 19.3. The number of ether oxygens (including phenoxy) is 2. The Labute approximate surface area is 147 Å². The molecule has 7 nitrogen and oxygen atoms in total. The Balaban J connectivity index is 2.09. The third-order valence-electron chi connectivity index (χ3n) is 3.19. The minimum absolute atomic E-state index is 0.000281. The van der Waals surface area contributed by atoms with Gasteiger partial charge in [-0.15, -0.1) is 0 Å². The van der Waals surface area contributed by atoms with Crippen LogP contribution in [0.2, 0.25) is 0 Å². The van der Waals surface area contributed by atoms with Gasteiger partial charge in [0, 0.05) is 12.1 Å². The fourth-order valence-corrected chi connectivity index (χ4v) is 2.03. The zero-order chi connectivity index (χ0) is 19.1. The van der Waals surface area contributed by atoms with E-state index in [1.165, 1.54) is 24.4 Å². The number of carbonyl (C=O) groups excluding carboxylic acids is 1. The Morgan fingerprint density at radius 3 is 2.77 bits per heavy atom. The number of alkyl halides is 2. The molecule has 0 unspecified atom stereocenters. The van der Waals surface area contributed by atoms with Crippen molar-refractivity contribution in [1.82, 2.24) is 15.2 Å². The van der Waals surface area contributed by atoms with Crippen molar-refractivity contribution in [2.45, 2.75) is 27.0 Å². The molecule has 1 N–H and O–H groups in total. The average Bonchev–Trinajstić information content (AvgIpc) is 2.96. The van der Waals surface area contributed by atoms with Crippen molar-refractivity contribution in [2.75, 3.05) is 6.61 Å². The van der Waals surface area contributed by atoms with Crippen molar-refractivity contribution >= 4 is 12.1 Å². The number of hydrazone groups is 1. The van der Waals surface area contributed by atoms with Crippen LogP contribution in [0.15, 0.2) is 29.5 Å². The molecule has 1 amide bonds. The van der Waals surface area contributed by atoms with Crippen molar-refractivity contribution in [3.63, 3.8) is 0 Å². The van der Waals surface area contributed by atoms with Crippen molar-refractivity contribution in [3.05, 3.63) is 41.5 Å². The van der Waals surface area contributed by atoms with E-state index in [-0.39, 0.29) is 29.2 Å². The smallest absolute Gasteiger partial charge is 0.387 e. The third-order valence-corrected chi connectivity index (χ3v) is 3.19. The van der Waals surface area contributed by atoms with Crippen LogP contribution in [0.4, 0.5) is 13.2 Å². The highest BCUT2D eigenvalue weighted by molar-refractivity contribution is 5.95. The third kappa shape index (κ3) is 4.74. The molecule has 1 aromatic heterocycles. The van der Waals surface area contributed by atoms with Crippen LogP contribution in [0.5, 0.6) is 11.5 Å². The van der Waals surface area contributed by atoms with E-state index in [4.69, 9.17) is 4.74 Å². The molecule has 0 spiro atoms. The highest BCUT2D eigenvalue weighted by Crippen LogP contribution is 2.29. The van der Waals surface area contributed by atoms with Crippen LogP contribution in [-0.4, -0.2) is 35.1 Å². The van der Waals surface area contributed by atoms with E-state index in [0.29, 0.717) is 6.54 Å². The summed E-state index contributed by atoms with van der Waals surface area (Å²) in [6, 6.07) is 3.73. The quantitative estimate of drug-likeness (QED) is 0.573. The van der Waals surface area contributed by atoms with Crippen LogP contribution in [-0.2, 0) is 6.54 Å². The molecule has 0 aliphatic rings. The fraction of sp³-hybridized carbons (Fsp3) is 0.312. The summed E-state index contributed by atoms with van der Waals surface area (Å²) in [6.45, 7) is 0.935. The van der Waals surface area contributed by atoms with E-state index < -0.39 is 18.5 Å². The molecule has 0 fully saturated rings. The van der Waals surface area contributed by atoms with Crippen LogP contribution < -0.4 is 14.9 Å². The standard InChI is InChI=1S/C16H17F3N4O3/c1-3-23-14(17)11(9-21-23)8-20-22-15(24)10-5-6-12(26-16(18)19)13(7-10)25-4-2/h5-9,16H,3-4H2,1-2H3,(H,22,24)/b20-8+. The molecule has 26 heavy (non-hydrogen) atoms. The maximum Gasteiger partial charge on any atom is 0.387 e. The zero-order valence-corrected chi connectivity index (χ0v) is 14.1. The van der Waals surface area contributed by atoms with Crippen molar-refractivity contribution < 1.29 is 27.4 Å². The van der Waals surface area contributed by atoms with Gasteiger partial charge in [0.15, 0.2) is 11.5 Å². The fourth-order valence-electron chi connectivity index (χ4n) is 2.03. The number of aromatic nitrogens is 2. The maximum absolute atomic E-state index is 13.8. The predicted molar refractivity (Wildman–Crippen MR) is 87.2 cm³/mol. The molecule has 0 aliphatic carbocycles.